The van der Waals surface area contributed by atoms with Crippen molar-refractivity contribution in [1.82, 2.24) is 0 Å². The molecule has 2 nitrogen and oxygen atoms in total. The Hall–Kier alpha value is -1.57. The van der Waals surface area contributed by atoms with Crippen molar-refractivity contribution >= 4 is 10.9 Å². The maximum atomic E-state index is 9.39. The molecule has 1 heterocycles. The highest BCUT2D eigenvalue weighted by Crippen LogP contribution is 2.16. The van der Waals surface area contributed by atoms with E-state index in [-0.39, 0.29) is 0 Å². The summed E-state index contributed by atoms with van der Waals surface area (Å²) in [6.45, 7) is 3.23. The number of benzene rings is 1. The van der Waals surface area contributed by atoms with Crippen molar-refractivity contribution in [2.24, 2.45) is 0 Å². The minimum absolute atomic E-state index is 0.329. The van der Waals surface area contributed by atoms with Crippen molar-refractivity contribution in [3.8, 4) is 5.75 Å². The van der Waals surface area contributed by atoms with Crippen LogP contribution in [0.2, 0.25) is 0 Å². The maximum absolute atomic E-state index is 9.39. The van der Waals surface area contributed by atoms with Gasteiger partial charge in [-0.05, 0) is 18.2 Å². The predicted octanol–water partition coefficient (Wildman–Crippen LogP) is 2.63. The third-order valence-corrected chi connectivity index (χ3v) is 2.61. The predicted molar refractivity (Wildman–Crippen MR) is 60.7 cm³/mol. The summed E-state index contributed by atoms with van der Waals surface area (Å²) in [6, 6.07) is 9.57. The topological polar surface area (TPSA) is 24.1 Å². The SMILES string of the molecule is CCCC[n+]1cccc2cc(O)ccc21. The second kappa shape index (κ2) is 4.30. The van der Waals surface area contributed by atoms with Crippen LogP contribution in [0.25, 0.3) is 10.9 Å². The lowest BCUT2D eigenvalue weighted by Crippen LogP contribution is -2.33. The molecule has 0 fully saturated rings. The lowest BCUT2D eigenvalue weighted by Gasteiger charge is -2.00. The van der Waals surface area contributed by atoms with Crippen LogP contribution in [0.1, 0.15) is 19.8 Å². The molecule has 0 radical (unpaired) electrons. The zero-order valence-corrected chi connectivity index (χ0v) is 8.98. The molecule has 1 aromatic carbocycles. The highest BCUT2D eigenvalue weighted by atomic mass is 16.3. The van der Waals surface area contributed by atoms with Gasteiger partial charge >= 0.3 is 0 Å². The number of aryl methyl sites for hydroxylation is 1. The fourth-order valence-corrected chi connectivity index (χ4v) is 1.79. The molecule has 1 aromatic heterocycles. The number of phenols is 1. The summed E-state index contributed by atoms with van der Waals surface area (Å²) in [4.78, 5) is 0. The summed E-state index contributed by atoms with van der Waals surface area (Å²) in [6.07, 6.45) is 4.47. The van der Waals surface area contributed by atoms with Gasteiger partial charge in [0.25, 0.3) is 0 Å². The number of nitrogens with zero attached hydrogens (tertiary/aromatic N) is 1. The van der Waals surface area contributed by atoms with Crippen LogP contribution >= 0.6 is 0 Å². The molecule has 0 unspecified atom stereocenters. The summed E-state index contributed by atoms with van der Waals surface area (Å²) < 4.78 is 2.23. The van der Waals surface area contributed by atoms with Gasteiger partial charge in [-0.25, -0.2) is 0 Å². The van der Waals surface area contributed by atoms with Crippen LogP contribution < -0.4 is 4.57 Å². The lowest BCUT2D eigenvalue weighted by molar-refractivity contribution is -0.671. The zero-order valence-electron chi connectivity index (χ0n) is 8.98. The van der Waals surface area contributed by atoms with Crippen LogP contribution in [0, 0.1) is 0 Å². The molecule has 2 aromatic rings. The fraction of sp³-hybridized carbons (Fsp3) is 0.308. The molecule has 0 amide bonds. The van der Waals surface area contributed by atoms with Gasteiger partial charge in [0.05, 0.1) is 5.39 Å². The van der Waals surface area contributed by atoms with Crippen molar-refractivity contribution in [1.29, 1.82) is 0 Å². The standard InChI is InChI=1S/C13H15NO/c1-2-3-8-14-9-4-5-11-10-12(15)6-7-13(11)14/h4-7,9-10H,2-3,8H2,1H3/p+1. The average molecular weight is 202 g/mol. The summed E-state index contributed by atoms with van der Waals surface area (Å²) >= 11 is 0. The fourth-order valence-electron chi connectivity index (χ4n) is 1.79. The molecule has 2 heteroatoms. The van der Waals surface area contributed by atoms with E-state index in [9.17, 15) is 5.11 Å². The first-order valence-electron chi connectivity index (χ1n) is 5.42. The first kappa shape index (κ1) is 9.97. The summed E-state index contributed by atoms with van der Waals surface area (Å²) in [5.41, 5.74) is 1.18. The Morgan fingerprint density at radius 3 is 2.93 bits per heavy atom. The van der Waals surface area contributed by atoms with E-state index in [1.807, 2.05) is 18.2 Å². The Bertz CT molecular complexity index is 465. The van der Waals surface area contributed by atoms with E-state index >= 15 is 0 Å². The number of unbranched alkanes of at least 4 members (excludes halogenated alkanes) is 1. The summed E-state index contributed by atoms with van der Waals surface area (Å²) in [5.74, 6) is 0.329. The van der Waals surface area contributed by atoms with Gasteiger partial charge in [0, 0.05) is 18.6 Å². The molecule has 0 saturated carbocycles. The van der Waals surface area contributed by atoms with E-state index in [2.05, 4.69) is 17.7 Å². The van der Waals surface area contributed by atoms with Crippen molar-refractivity contribution in [3.63, 3.8) is 0 Å². The van der Waals surface area contributed by atoms with Gasteiger partial charge in [-0.3, -0.25) is 0 Å². The molecule has 0 aliphatic carbocycles. The van der Waals surface area contributed by atoms with Crippen molar-refractivity contribution in [2.75, 3.05) is 0 Å². The second-order valence-corrected chi connectivity index (χ2v) is 3.80. The van der Waals surface area contributed by atoms with Crippen LogP contribution in [0.3, 0.4) is 0 Å². The molecule has 0 spiro atoms. The minimum atomic E-state index is 0.329. The zero-order chi connectivity index (χ0) is 10.7. The van der Waals surface area contributed by atoms with Gasteiger partial charge in [-0.1, -0.05) is 13.3 Å². The molecule has 78 valence electrons. The smallest absolute Gasteiger partial charge is 0.212 e. The summed E-state index contributed by atoms with van der Waals surface area (Å²) in [5, 5.41) is 10.5. The Morgan fingerprint density at radius 1 is 1.27 bits per heavy atom. The van der Waals surface area contributed by atoms with Gasteiger partial charge in [0.2, 0.25) is 5.52 Å². The number of aromatic hydroxyl groups is 1. The first-order chi connectivity index (χ1) is 7.31. The molecule has 1 N–H and O–H groups in total. The van der Waals surface area contributed by atoms with E-state index in [1.165, 1.54) is 18.4 Å². The Labute approximate surface area is 89.8 Å². The Kier molecular flexibility index (Phi) is 2.86. The largest absolute Gasteiger partial charge is 0.508 e. The van der Waals surface area contributed by atoms with Crippen molar-refractivity contribution in [3.05, 3.63) is 36.5 Å². The van der Waals surface area contributed by atoms with Gasteiger partial charge in [-0.2, -0.15) is 4.57 Å². The highest BCUT2D eigenvalue weighted by molar-refractivity contribution is 5.76. The third kappa shape index (κ3) is 2.09. The number of fused-ring (bicyclic) bond motifs is 1. The van der Waals surface area contributed by atoms with Crippen LogP contribution in [-0.4, -0.2) is 5.11 Å². The van der Waals surface area contributed by atoms with Crippen molar-refractivity contribution in [2.45, 2.75) is 26.3 Å². The number of pyridine rings is 1. The van der Waals surface area contributed by atoms with E-state index in [0.717, 1.165) is 11.9 Å². The number of aromatic nitrogens is 1. The van der Waals surface area contributed by atoms with E-state index in [0.29, 0.717) is 5.75 Å². The minimum Gasteiger partial charge on any atom is -0.508 e. The van der Waals surface area contributed by atoms with Crippen LogP contribution in [0.15, 0.2) is 36.5 Å². The number of rotatable bonds is 3. The van der Waals surface area contributed by atoms with Crippen LogP contribution in [0.5, 0.6) is 5.75 Å². The first-order valence-corrected chi connectivity index (χ1v) is 5.42. The maximum Gasteiger partial charge on any atom is 0.212 e. The average Bonchev–Trinajstić information content (AvgIpc) is 2.25. The molecule has 0 aliphatic rings. The van der Waals surface area contributed by atoms with Crippen LogP contribution in [0.4, 0.5) is 0 Å². The quantitative estimate of drug-likeness (QED) is 0.760. The Balaban J connectivity index is 2.46. The Morgan fingerprint density at radius 2 is 2.13 bits per heavy atom. The summed E-state index contributed by atoms with van der Waals surface area (Å²) in [7, 11) is 0. The van der Waals surface area contributed by atoms with Gasteiger partial charge in [-0.15, -0.1) is 0 Å². The highest BCUT2D eigenvalue weighted by Gasteiger charge is 2.07. The monoisotopic (exact) mass is 202 g/mol. The van der Waals surface area contributed by atoms with Crippen molar-refractivity contribution < 1.29 is 9.67 Å². The number of hydrogen-bond acceptors (Lipinski definition) is 1. The third-order valence-electron chi connectivity index (χ3n) is 2.61. The molecule has 0 saturated heterocycles. The van der Waals surface area contributed by atoms with E-state index in [4.69, 9.17) is 0 Å². The number of hydrogen-bond donors (Lipinski definition) is 1. The van der Waals surface area contributed by atoms with E-state index in [1.54, 1.807) is 12.1 Å². The van der Waals surface area contributed by atoms with Gasteiger partial charge < -0.3 is 5.11 Å². The molecule has 0 aliphatic heterocycles. The molecule has 0 atom stereocenters. The lowest BCUT2D eigenvalue weighted by atomic mass is 10.2. The van der Waals surface area contributed by atoms with Crippen LogP contribution in [-0.2, 0) is 6.54 Å². The molecule has 2 rings (SSSR count). The molecular weight excluding hydrogens is 186 g/mol. The molecule has 0 bridgehead atoms. The number of phenolic OH excluding ortho intramolecular Hbond substituents is 1. The normalized spacial score (nSPS) is 10.7. The van der Waals surface area contributed by atoms with Gasteiger partial charge in [0.1, 0.15) is 12.3 Å². The second-order valence-electron chi connectivity index (χ2n) is 3.80. The molecular formula is C13H16NO+. The molecule has 15 heavy (non-hydrogen) atoms. The van der Waals surface area contributed by atoms with Gasteiger partial charge in [0.15, 0.2) is 6.20 Å². The van der Waals surface area contributed by atoms with E-state index < -0.39 is 0 Å².